The van der Waals surface area contributed by atoms with Crippen LogP contribution in [0.5, 0.6) is 0 Å². The lowest BCUT2D eigenvalue weighted by Crippen LogP contribution is -2.24. The van der Waals surface area contributed by atoms with E-state index in [0.717, 1.165) is 27.0 Å². The smallest absolute Gasteiger partial charge is 0.220 e. The van der Waals surface area contributed by atoms with Gasteiger partial charge in [0.2, 0.25) is 5.91 Å². The summed E-state index contributed by atoms with van der Waals surface area (Å²) in [6.07, 6.45) is 1.05. The van der Waals surface area contributed by atoms with Crippen molar-refractivity contribution in [1.82, 2.24) is 20.3 Å². The van der Waals surface area contributed by atoms with Crippen LogP contribution >= 0.6 is 11.3 Å². The molecular formula is C24H24FN5OS. The minimum absolute atomic E-state index is 0.0628. The van der Waals surface area contributed by atoms with Crippen molar-refractivity contribution in [2.24, 2.45) is 0 Å². The van der Waals surface area contributed by atoms with Crippen LogP contribution in [-0.4, -0.2) is 20.9 Å². The van der Waals surface area contributed by atoms with E-state index in [0.29, 0.717) is 36.6 Å². The van der Waals surface area contributed by atoms with Crippen molar-refractivity contribution < 1.29 is 9.18 Å². The van der Waals surface area contributed by atoms with Gasteiger partial charge in [-0.05, 0) is 38.0 Å². The van der Waals surface area contributed by atoms with Gasteiger partial charge < -0.3 is 10.6 Å². The fraction of sp³-hybridized carbons (Fsp3) is 0.250. The zero-order valence-electron chi connectivity index (χ0n) is 18.0. The SMILES string of the molecule is Cc1ncsc1CCC(=O)NCc1nc(NCc2ccccc2F)c2cccc(C)c2n1. The third-order valence-corrected chi connectivity index (χ3v) is 6.24. The number of nitrogens with zero attached hydrogens (tertiary/aromatic N) is 3. The molecule has 0 saturated carbocycles. The van der Waals surface area contributed by atoms with Gasteiger partial charge in [-0.3, -0.25) is 4.79 Å². The van der Waals surface area contributed by atoms with E-state index in [1.165, 1.54) is 6.07 Å². The molecule has 0 bridgehead atoms. The Hall–Kier alpha value is -3.39. The molecule has 2 aromatic heterocycles. The average molecular weight is 450 g/mol. The molecule has 2 aromatic carbocycles. The van der Waals surface area contributed by atoms with Crippen molar-refractivity contribution in [3.05, 3.63) is 81.3 Å². The Morgan fingerprint density at radius 3 is 2.69 bits per heavy atom. The first-order valence-electron chi connectivity index (χ1n) is 10.4. The first-order chi connectivity index (χ1) is 15.5. The number of benzene rings is 2. The number of para-hydroxylation sites is 1. The van der Waals surface area contributed by atoms with Gasteiger partial charge in [0.15, 0.2) is 5.82 Å². The number of fused-ring (bicyclic) bond motifs is 1. The van der Waals surface area contributed by atoms with E-state index in [1.54, 1.807) is 35.0 Å². The summed E-state index contributed by atoms with van der Waals surface area (Å²) in [5, 5.41) is 7.01. The standard InChI is InChI=1S/C24H24FN5OS/c1-15-6-5-8-18-23(15)29-21(13-26-22(31)11-10-20-16(2)28-14-32-20)30-24(18)27-12-17-7-3-4-9-19(17)25/h3-9,14H,10-13H2,1-2H3,(H,26,31)(H,27,29,30). The predicted molar refractivity (Wildman–Crippen MR) is 125 cm³/mol. The third kappa shape index (κ3) is 5.08. The number of halogens is 1. The van der Waals surface area contributed by atoms with E-state index in [2.05, 4.69) is 25.6 Å². The maximum Gasteiger partial charge on any atom is 0.220 e. The Morgan fingerprint density at radius 2 is 1.91 bits per heavy atom. The summed E-state index contributed by atoms with van der Waals surface area (Å²) >= 11 is 1.56. The average Bonchev–Trinajstić information content (AvgIpc) is 3.20. The number of hydrogen-bond acceptors (Lipinski definition) is 6. The molecule has 0 radical (unpaired) electrons. The number of hydrogen-bond donors (Lipinski definition) is 2. The molecule has 0 aliphatic heterocycles. The number of anilines is 1. The highest BCUT2D eigenvalue weighted by atomic mass is 32.1. The molecule has 164 valence electrons. The van der Waals surface area contributed by atoms with Crippen LogP contribution in [0.1, 0.15) is 33.9 Å². The summed E-state index contributed by atoms with van der Waals surface area (Å²) < 4.78 is 14.0. The molecule has 4 rings (SSSR count). The highest BCUT2D eigenvalue weighted by Gasteiger charge is 2.12. The number of aromatic nitrogens is 3. The van der Waals surface area contributed by atoms with Gasteiger partial charge in [-0.15, -0.1) is 11.3 Å². The van der Waals surface area contributed by atoms with Crippen molar-refractivity contribution >= 4 is 34.0 Å². The van der Waals surface area contributed by atoms with E-state index in [4.69, 9.17) is 0 Å². The van der Waals surface area contributed by atoms with Crippen LogP contribution in [-0.2, 0) is 24.3 Å². The highest BCUT2D eigenvalue weighted by Crippen LogP contribution is 2.24. The van der Waals surface area contributed by atoms with Crippen LogP contribution in [0.3, 0.4) is 0 Å². The molecule has 4 aromatic rings. The second-order valence-corrected chi connectivity index (χ2v) is 8.48. The Labute approximate surface area is 190 Å². The van der Waals surface area contributed by atoms with Crippen LogP contribution in [0, 0.1) is 19.7 Å². The first kappa shape index (κ1) is 21.8. The normalized spacial score (nSPS) is 11.0. The number of carbonyl (C=O) groups excluding carboxylic acids is 1. The van der Waals surface area contributed by atoms with Gasteiger partial charge in [0.25, 0.3) is 0 Å². The van der Waals surface area contributed by atoms with Gasteiger partial charge in [0.05, 0.1) is 23.3 Å². The van der Waals surface area contributed by atoms with Gasteiger partial charge in [0, 0.05) is 28.8 Å². The molecule has 8 heteroatoms. The predicted octanol–water partition coefficient (Wildman–Crippen LogP) is 4.70. The van der Waals surface area contributed by atoms with Crippen LogP contribution in [0.4, 0.5) is 10.2 Å². The summed E-state index contributed by atoms with van der Waals surface area (Å²) in [4.78, 5) is 27.0. The fourth-order valence-corrected chi connectivity index (χ4v) is 4.22. The summed E-state index contributed by atoms with van der Waals surface area (Å²) in [5.41, 5.74) is 5.14. The van der Waals surface area contributed by atoms with Crippen molar-refractivity contribution in [1.29, 1.82) is 0 Å². The Morgan fingerprint density at radius 1 is 1.06 bits per heavy atom. The van der Waals surface area contributed by atoms with E-state index in [1.807, 2.05) is 32.0 Å². The van der Waals surface area contributed by atoms with Crippen LogP contribution in [0.25, 0.3) is 10.9 Å². The van der Waals surface area contributed by atoms with Crippen molar-refractivity contribution in [3.63, 3.8) is 0 Å². The molecule has 1 amide bonds. The van der Waals surface area contributed by atoms with Crippen LogP contribution < -0.4 is 10.6 Å². The summed E-state index contributed by atoms with van der Waals surface area (Å²) in [6, 6.07) is 12.5. The summed E-state index contributed by atoms with van der Waals surface area (Å²) in [5.74, 6) is 0.794. The minimum Gasteiger partial charge on any atom is -0.365 e. The molecule has 2 heterocycles. The van der Waals surface area contributed by atoms with Crippen molar-refractivity contribution in [2.45, 2.75) is 39.8 Å². The maximum absolute atomic E-state index is 14.0. The Bertz CT molecular complexity index is 1260. The number of amides is 1. The summed E-state index contributed by atoms with van der Waals surface area (Å²) in [6.45, 7) is 4.45. The van der Waals surface area contributed by atoms with E-state index in [-0.39, 0.29) is 18.3 Å². The lowest BCUT2D eigenvalue weighted by atomic mass is 10.1. The van der Waals surface area contributed by atoms with E-state index in [9.17, 15) is 9.18 Å². The zero-order chi connectivity index (χ0) is 22.5. The quantitative estimate of drug-likeness (QED) is 0.407. The highest BCUT2D eigenvalue weighted by molar-refractivity contribution is 7.09. The number of thiazole rings is 1. The van der Waals surface area contributed by atoms with Crippen molar-refractivity contribution in [3.8, 4) is 0 Å². The van der Waals surface area contributed by atoms with Gasteiger partial charge in [-0.1, -0.05) is 30.3 Å². The van der Waals surface area contributed by atoms with Crippen LogP contribution in [0.15, 0.2) is 48.0 Å². The fourth-order valence-electron chi connectivity index (χ4n) is 3.44. The molecule has 0 aliphatic carbocycles. The second-order valence-electron chi connectivity index (χ2n) is 7.54. The van der Waals surface area contributed by atoms with Gasteiger partial charge in [0.1, 0.15) is 11.6 Å². The molecule has 0 saturated heterocycles. The lowest BCUT2D eigenvalue weighted by Gasteiger charge is -2.13. The summed E-state index contributed by atoms with van der Waals surface area (Å²) in [7, 11) is 0. The lowest BCUT2D eigenvalue weighted by molar-refractivity contribution is -0.121. The van der Waals surface area contributed by atoms with Crippen LogP contribution in [0.2, 0.25) is 0 Å². The van der Waals surface area contributed by atoms with Gasteiger partial charge in [-0.25, -0.2) is 19.3 Å². The Balaban J connectivity index is 1.49. The molecule has 0 unspecified atom stereocenters. The molecule has 6 nitrogen and oxygen atoms in total. The number of carbonyl (C=O) groups is 1. The minimum atomic E-state index is -0.266. The molecule has 0 aliphatic rings. The van der Waals surface area contributed by atoms with E-state index >= 15 is 0 Å². The topological polar surface area (TPSA) is 79.8 Å². The zero-order valence-corrected chi connectivity index (χ0v) is 18.8. The molecule has 0 fully saturated rings. The number of aryl methyl sites for hydroxylation is 3. The number of rotatable bonds is 8. The second kappa shape index (κ2) is 9.82. The van der Waals surface area contributed by atoms with Gasteiger partial charge >= 0.3 is 0 Å². The molecule has 0 spiro atoms. The molecule has 32 heavy (non-hydrogen) atoms. The molecular weight excluding hydrogens is 425 g/mol. The Kier molecular flexibility index (Phi) is 6.70. The molecule has 2 N–H and O–H groups in total. The number of nitrogens with one attached hydrogen (secondary N) is 2. The van der Waals surface area contributed by atoms with E-state index < -0.39 is 0 Å². The largest absolute Gasteiger partial charge is 0.365 e. The van der Waals surface area contributed by atoms with Gasteiger partial charge in [-0.2, -0.15) is 0 Å². The molecule has 0 atom stereocenters. The maximum atomic E-state index is 14.0. The third-order valence-electron chi connectivity index (χ3n) is 5.25. The monoisotopic (exact) mass is 449 g/mol. The first-order valence-corrected chi connectivity index (χ1v) is 11.3. The van der Waals surface area contributed by atoms with Crippen molar-refractivity contribution in [2.75, 3.05) is 5.32 Å².